The molecule has 1 aromatic carbocycles. The number of hydrogen-bond donors (Lipinski definition) is 0. The van der Waals surface area contributed by atoms with Crippen LogP contribution in [0.4, 0.5) is 0 Å². The highest BCUT2D eigenvalue weighted by Crippen LogP contribution is 2.53. The van der Waals surface area contributed by atoms with Gasteiger partial charge in [-0.25, -0.2) is 0 Å². The third kappa shape index (κ3) is 4.70. The lowest BCUT2D eigenvalue weighted by Crippen LogP contribution is -2.45. The van der Waals surface area contributed by atoms with Crippen LogP contribution in [0.2, 0.25) is 18.1 Å². The number of nitrogens with zero attached hydrogens (tertiary/aromatic N) is 4. The summed E-state index contributed by atoms with van der Waals surface area (Å²) in [6.07, 6.45) is 6.98. The summed E-state index contributed by atoms with van der Waals surface area (Å²) < 4.78 is 9.12. The number of benzene rings is 1. The molecule has 7 heteroatoms. The molecule has 3 aromatic rings. The normalized spacial score (nSPS) is 21.6. The van der Waals surface area contributed by atoms with E-state index >= 15 is 0 Å². The Hall–Kier alpha value is -1.96. The molecule has 0 amide bonds. The molecular weight excluding hydrogens is 480 g/mol. The lowest BCUT2D eigenvalue weighted by atomic mass is 9.92. The van der Waals surface area contributed by atoms with Crippen LogP contribution in [-0.4, -0.2) is 45.2 Å². The van der Waals surface area contributed by atoms with Crippen molar-refractivity contribution in [2.24, 2.45) is 0 Å². The Kier molecular flexibility index (Phi) is 6.49. The molecule has 5 rings (SSSR count). The summed E-state index contributed by atoms with van der Waals surface area (Å²) in [5.41, 5.74) is 5.01. The predicted octanol–water partition coefficient (Wildman–Crippen LogP) is 6.80. The summed E-state index contributed by atoms with van der Waals surface area (Å²) in [6, 6.07) is 11.1. The molecule has 1 aliphatic heterocycles. The largest absolute Gasteiger partial charge is 0.415 e. The molecule has 2 aliphatic rings. The minimum atomic E-state index is -1.80. The van der Waals surface area contributed by atoms with E-state index in [1.165, 1.54) is 22.3 Å². The van der Waals surface area contributed by atoms with E-state index in [-0.39, 0.29) is 15.2 Å². The minimum Gasteiger partial charge on any atom is -0.415 e. The lowest BCUT2D eigenvalue weighted by Gasteiger charge is -2.39. The van der Waals surface area contributed by atoms with Crippen LogP contribution in [0.25, 0.3) is 11.1 Å². The first-order chi connectivity index (χ1) is 16.9. The summed E-state index contributed by atoms with van der Waals surface area (Å²) in [5, 5.41) is 9.80. The molecule has 1 unspecified atom stereocenters. The molecule has 1 fully saturated rings. The zero-order chi connectivity index (χ0) is 25.8. The maximum Gasteiger partial charge on any atom is 0.192 e. The molecule has 0 N–H and O–H groups in total. The van der Waals surface area contributed by atoms with E-state index in [1.54, 1.807) is 0 Å². The van der Waals surface area contributed by atoms with E-state index < -0.39 is 8.32 Å². The zero-order valence-corrected chi connectivity index (χ0v) is 24.7. The monoisotopic (exact) mass is 520 g/mol. The SMILES string of the molecule is Cc1ccncc1-c1ccc(C2(c3nnc4n3CCSC(C)(CO[Si](C)(C)C(C)(C)C)C4)CC2)cc1. The third-order valence-corrected chi connectivity index (χ3v) is 14.5. The van der Waals surface area contributed by atoms with Crippen molar-refractivity contribution in [3.05, 3.63) is 65.5 Å². The van der Waals surface area contributed by atoms with Gasteiger partial charge in [-0.1, -0.05) is 45.0 Å². The van der Waals surface area contributed by atoms with Crippen molar-refractivity contribution in [3.8, 4) is 11.1 Å². The van der Waals surface area contributed by atoms with Gasteiger partial charge < -0.3 is 8.99 Å². The first-order valence-corrected chi connectivity index (χ1v) is 17.1. The number of pyridine rings is 1. The van der Waals surface area contributed by atoms with Crippen LogP contribution in [0.5, 0.6) is 0 Å². The molecule has 3 heterocycles. The Morgan fingerprint density at radius 1 is 1.08 bits per heavy atom. The van der Waals surface area contributed by atoms with Crippen molar-refractivity contribution in [2.75, 3.05) is 12.4 Å². The molecule has 192 valence electrons. The highest BCUT2D eigenvalue weighted by molar-refractivity contribution is 8.00. The van der Waals surface area contributed by atoms with Crippen LogP contribution < -0.4 is 0 Å². The van der Waals surface area contributed by atoms with Gasteiger partial charge in [-0.3, -0.25) is 4.98 Å². The van der Waals surface area contributed by atoms with Crippen LogP contribution in [0.1, 0.15) is 63.3 Å². The van der Waals surface area contributed by atoms with E-state index in [0.29, 0.717) is 0 Å². The first-order valence-electron chi connectivity index (χ1n) is 13.2. The van der Waals surface area contributed by atoms with Crippen LogP contribution in [0.3, 0.4) is 0 Å². The Balaban J connectivity index is 1.37. The number of fused-ring (bicyclic) bond motifs is 1. The quantitative estimate of drug-likeness (QED) is 0.335. The second-order valence-corrected chi connectivity index (χ2v) is 19.0. The standard InChI is InChI=1S/C29H40N4OSSi/c1-21-12-15-30-19-24(21)22-8-10-23(11-9-22)29(13-14-29)26-32-31-25-18-28(5,35-17-16-33(25)26)20-34-36(6,7)27(2,3)4/h8-12,15,19H,13-14,16-18,20H2,1-7H3. The minimum absolute atomic E-state index is 0.00316. The summed E-state index contributed by atoms with van der Waals surface area (Å²) in [4.78, 5) is 4.32. The first kappa shape index (κ1) is 25.7. The molecule has 0 saturated heterocycles. The Bertz CT molecular complexity index is 1240. The van der Waals surface area contributed by atoms with Gasteiger partial charge in [-0.15, -0.1) is 10.2 Å². The fourth-order valence-electron chi connectivity index (χ4n) is 4.97. The Morgan fingerprint density at radius 3 is 2.44 bits per heavy atom. The van der Waals surface area contributed by atoms with E-state index in [1.807, 2.05) is 24.2 Å². The van der Waals surface area contributed by atoms with Crippen molar-refractivity contribution < 1.29 is 4.43 Å². The molecule has 1 atom stereocenters. The summed E-state index contributed by atoms with van der Waals surface area (Å²) >= 11 is 2.04. The Labute approximate surface area is 221 Å². The fourth-order valence-corrected chi connectivity index (χ4v) is 7.32. The van der Waals surface area contributed by atoms with Gasteiger partial charge in [-0.05, 0) is 67.6 Å². The summed E-state index contributed by atoms with van der Waals surface area (Å²) in [5.74, 6) is 3.33. The molecule has 1 saturated carbocycles. The fraction of sp³-hybridized carbons (Fsp3) is 0.552. The second-order valence-electron chi connectivity index (χ2n) is 12.5. The number of aryl methyl sites for hydroxylation is 1. The molecule has 1 aliphatic carbocycles. The molecule has 36 heavy (non-hydrogen) atoms. The maximum atomic E-state index is 6.67. The van der Waals surface area contributed by atoms with Crippen molar-refractivity contribution in [1.29, 1.82) is 0 Å². The zero-order valence-electron chi connectivity index (χ0n) is 22.9. The van der Waals surface area contributed by atoms with Crippen LogP contribution in [0.15, 0.2) is 42.7 Å². The lowest BCUT2D eigenvalue weighted by molar-refractivity contribution is 0.252. The van der Waals surface area contributed by atoms with Crippen LogP contribution >= 0.6 is 11.8 Å². The molecule has 2 aromatic heterocycles. The van der Waals surface area contributed by atoms with Gasteiger partial charge in [0.05, 0.1) is 5.41 Å². The summed E-state index contributed by atoms with van der Waals surface area (Å²) in [6.45, 7) is 17.8. The van der Waals surface area contributed by atoms with Gasteiger partial charge in [0, 0.05) is 48.0 Å². The average Bonchev–Trinajstić information content (AvgIpc) is 3.57. The van der Waals surface area contributed by atoms with E-state index in [2.05, 4.69) is 87.6 Å². The molecule has 0 radical (unpaired) electrons. The second kappa shape index (κ2) is 9.10. The predicted molar refractivity (Wildman–Crippen MR) is 152 cm³/mol. The van der Waals surface area contributed by atoms with Gasteiger partial charge in [0.2, 0.25) is 0 Å². The van der Waals surface area contributed by atoms with Crippen molar-refractivity contribution >= 4 is 20.1 Å². The van der Waals surface area contributed by atoms with Crippen LogP contribution in [0, 0.1) is 6.92 Å². The summed E-state index contributed by atoms with van der Waals surface area (Å²) in [7, 11) is -1.80. The van der Waals surface area contributed by atoms with Gasteiger partial charge in [0.15, 0.2) is 8.32 Å². The van der Waals surface area contributed by atoms with E-state index in [4.69, 9.17) is 14.6 Å². The maximum absolute atomic E-state index is 6.67. The van der Waals surface area contributed by atoms with Crippen molar-refractivity contribution in [2.45, 2.75) is 88.7 Å². The number of aromatic nitrogens is 4. The van der Waals surface area contributed by atoms with E-state index in [0.717, 1.165) is 49.8 Å². The van der Waals surface area contributed by atoms with Gasteiger partial charge in [0.1, 0.15) is 11.6 Å². The molecule has 5 nitrogen and oxygen atoms in total. The van der Waals surface area contributed by atoms with Crippen molar-refractivity contribution in [1.82, 2.24) is 19.7 Å². The van der Waals surface area contributed by atoms with E-state index in [9.17, 15) is 0 Å². The van der Waals surface area contributed by atoms with Gasteiger partial charge in [0.25, 0.3) is 0 Å². The topological polar surface area (TPSA) is 52.8 Å². The third-order valence-electron chi connectivity index (χ3n) is 8.63. The number of hydrogen-bond acceptors (Lipinski definition) is 5. The molecule has 0 spiro atoms. The van der Waals surface area contributed by atoms with Crippen LogP contribution in [-0.2, 0) is 22.8 Å². The number of thioether (sulfide) groups is 1. The smallest absolute Gasteiger partial charge is 0.192 e. The van der Waals surface area contributed by atoms with Crippen molar-refractivity contribution in [3.63, 3.8) is 0 Å². The van der Waals surface area contributed by atoms with Gasteiger partial charge >= 0.3 is 0 Å². The Morgan fingerprint density at radius 2 is 1.81 bits per heavy atom. The average molecular weight is 521 g/mol. The highest BCUT2D eigenvalue weighted by Gasteiger charge is 2.51. The molecule has 0 bridgehead atoms. The molecular formula is C29H40N4OSSi. The highest BCUT2D eigenvalue weighted by atomic mass is 32.2. The van der Waals surface area contributed by atoms with Gasteiger partial charge in [-0.2, -0.15) is 11.8 Å². The number of rotatable bonds is 6.